The van der Waals surface area contributed by atoms with Crippen LogP contribution in [-0.2, 0) is 6.42 Å². The highest BCUT2D eigenvalue weighted by molar-refractivity contribution is 5.47. The minimum Gasteiger partial charge on any atom is -0.399 e. The Morgan fingerprint density at radius 3 is 3.13 bits per heavy atom. The monoisotopic (exact) mass is 202 g/mol. The number of aryl methyl sites for hydroxylation is 1. The fourth-order valence-corrected chi connectivity index (χ4v) is 3.13. The Bertz CT molecular complexity index is 373. The van der Waals surface area contributed by atoms with Gasteiger partial charge in [-0.05, 0) is 61.4 Å². The van der Waals surface area contributed by atoms with Gasteiger partial charge in [-0.2, -0.15) is 0 Å². The van der Waals surface area contributed by atoms with Crippen LogP contribution in [0.1, 0.15) is 36.3 Å². The highest BCUT2D eigenvalue weighted by Gasteiger charge is 2.31. The summed E-state index contributed by atoms with van der Waals surface area (Å²) in [5.74, 6) is 0.714. The topological polar surface area (TPSA) is 38.0 Å². The Morgan fingerprint density at radius 2 is 2.20 bits per heavy atom. The molecule has 1 aliphatic carbocycles. The highest BCUT2D eigenvalue weighted by atomic mass is 14.9. The van der Waals surface area contributed by atoms with Crippen LogP contribution in [0.25, 0.3) is 0 Å². The quantitative estimate of drug-likeness (QED) is 0.632. The van der Waals surface area contributed by atoms with Crippen LogP contribution in [-0.4, -0.2) is 12.6 Å². The number of rotatable bonds is 0. The Kier molecular flexibility index (Phi) is 2.17. The van der Waals surface area contributed by atoms with Crippen LogP contribution < -0.4 is 11.1 Å². The lowest BCUT2D eigenvalue weighted by Gasteiger charge is -2.38. The van der Waals surface area contributed by atoms with Crippen molar-refractivity contribution in [2.45, 2.75) is 37.6 Å². The van der Waals surface area contributed by atoms with Crippen LogP contribution >= 0.6 is 0 Å². The number of nitrogens with one attached hydrogen (secondary N) is 1. The van der Waals surface area contributed by atoms with E-state index in [0.29, 0.717) is 12.0 Å². The number of nitrogens with two attached hydrogens (primary N) is 1. The molecular formula is C13H18N2. The van der Waals surface area contributed by atoms with Crippen LogP contribution in [0.15, 0.2) is 18.2 Å². The molecule has 1 saturated heterocycles. The largest absolute Gasteiger partial charge is 0.399 e. The number of piperidine rings is 1. The lowest BCUT2D eigenvalue weighted by Crippen LogP contribution is -2.42. The summed E-state index contributed by atoms with van der Waals surface area (Å²) in [7, 11) is 0. The van der Waals surface area contributed by atoms with Crippen molar-refractivity contribution in [1.82, 2.24) is 5.32 Å². The minimum atomic E-state index is 0.702. The molecule has 2 heteroatoms. The SMILES string of the molecule is Nc1ccc2c(c1)[C@@H]1CCCN[C@H]1CC2. The average molecular weight is 202 g/mol. The average Bonchev–Trinajstić information content (AvgIpc) is 2.29. The summed E-state index contributed by atoms with van der Waals surface area (Å²) in [6.45, 7) is 1.19. The smallest absolute Gasteiger partial charge is 0.0317 e. The van der Waals surface area contributed by atoms with E-state index in [2.05, 4.69) is 17.4 Å². The van der Waals surface area contributed by atoms with Crippen molar-refractivity contribution in [3.63, 3.8) is 0 Å². The van der Waals surface area contributed by atoms with Gasteiger partial charge in [-0.25, -0.2) is 0 Å². The van der Waals surface area contributed by atoms with Gasteiger partial charge in [0.25, 0.3) is 0 Å². The standard InChI is InChI=1S/C13H18N2/c14-10-5-3-9-4-6-13-11(12(9)8-10)2-1-7-15-13/h3,5,8,11,13,15H,1-2,4,6-7,14H2/t11-,13-/m0/s1. The van der Waals surface area contributed by atoms with Crippen molar-refractivity contribution in [3.05, 3.63) is 29.3 Å². The van der Waals surface area contributed by atoms with Crippen molar-refractivity contribution in [1.29, 1.82) is 0 Å². The molecule has 0 spiro atoms. The van der Waals surface area contributed by atoms with Crippen LogP contribution in [0.5, 0.6) is 0 Å². The maximum Gasteiger partial charge on any atom is 0.0317 e. The molecule has 1 heterocycles. The molecule has 2 aliphatic rings. The summed E-state index contributed by atoms with van der Waals surface area (Å²) < 4.78 is 0. The molecule has 1 aliphatic heterocycles. The van der Waals surface area contributed by atoms with Gasteiger partial charge in [-0.15, -0.1) is 0 Å². The van der Waals surface area contributed by atoms with Crippen molar-refractivity contribution < 1.29 is 0 Å². The first-order valence-corrected chi connectivity index (χ1v) is 5.96. The molecule has 2 atom stereocenters. The van der Waals surface area contributed by atoms with Crippen LogP contribution in [0, 0.1) is 0 Å². The molecule has 15 heavy (non-hydrogen) atoms. The first kappa shape index (κ1) is 9.22. The Balaban J connectivity index is 2.01. The molecule has 1 fully saturated rings. The molecule has 0 amide bonds. The van der Waals surface area contributed by atoms with E-state index in [4.69, 9.17) is 5.73 Å². The molecule has 0 radical (unpaired) electrons. The predicted molar refractivity (Wildman–Crippen MR) is 62.9 cm³/mol. The zero-order valence-corrected chi connectivity index (χ0v) is 9.00. The lowest BCUT2D eigenvalue weighted by atomic mass is 9.75. The molecule has 0 aromatic heterocycles. The Labute approximate surface area is 90.9 Å². The van der Waals surface area contributed by atoms with Gasteiger partial charge in [0.1, 0.15) is 0 Å². The molecule has 0 unspecified atom stereocenters. The van der Waals surface area contributed by atoms with Crippen LogP contribution in [0.4, 0.5) is 5.69 Å². The second-order valence-corrected chi connectivity index (χ2v) is 4.81. The van der Waals surface area contributed by atoms with Gasteiger partial charge in [0.2, 0.25) is 0 Å². The molecule has 3 N–H and O–H groups in total. The molecule has 1 aromatic rings. The minimum absolute atomic E-state index is 0.702. The summed E-state index contributed by atoms with van der Waals surface area (Å²) in [5, 5.41) is 3.64. The summed E-state index contributed by atoms with van der Waals surface area (Å²) in [5.41, 5.74) is 9.83. The van der Waals surface area contributed by atoms with E-state index in [1.54, 1.807) is 0 Å². The van der Waals surface area contributed by atoms with Crippen molar-refractivity contribution in [2.75, 3.05) is 12.3 Å². The van der Waals surface area contributed by atoms with Gasteiger partial charge in [-0.3, -0.25) is 0 Å². The van der Waals surface area contributed by atoms with Gasteiger partial charge in [0.15, 0.2) is 0 Å². The first-order chi connectivity index (χ1) is 7.34. The van der Waals surface area contributed by atoms with Gasteiger partial charge in [0, 0.05) is 11.7 Å². The number of fused-ring (bicyclic) bond motifs is 3. The second kappa shape index (κ2) is 3.53. The predicted octanol–water partition coefficient (Wildman–Crippen LogP) is 2.05. The first-order valence-electron chi connectivity index (χ1n) is 5.96. The van der Waals surface area contributed by atoms with Gasteiger partial charge in [0.05, 0.1) is 0 Å². The van der Waals surface area contributed by atoms with Crippen molar-refractivity contribution in [3.8, 4) is 0 Å². The summed E-state index contributed by atoms with van der Waals surface area (Å²) in [6.07, 6.45) is 5.13. The Hall–Kier alpha value is -1.02. The highest BCUT2D eigenvalue weighted by Crippen LogP contribution is 2.37. The van der Waals surface area contributed by atoms with E-state index < -0.39 is 0 Å². The van der Waals surface area contributed by atoms with Crippen molar-refractivity contribution in [2.24, 2.45) is 0 Å². The van der Waals surface area contributed by atoms with E-state index in [1.165, 1.54) is 43.4 Å². The lowest BCUT2D eigenvalue weighted by molar-refractivity contribution is 0.319. The van der Waals surface area contributed by atoms with E-state index in [0.717, 1.165) is 5.69 Å². The zero-order chi connectivity index (χ0) is 10.3. The molecule has 0 bridgehead atoms. The third-order valence-corrected chi connectivity index (χ3v) is 3.88. The number of anilines is 1. The third kappa shape index (κ3) is 1.53. The van der Waals surface area contributed by atoms with Crippen molar-refractivity contribution >= 4 is 5.69 Å². The van der Waals surface area contributed by atoms with E-state index in [1.807, 2.05) is 6.07 Å². The second-order valence-electron chi connectivity index (χ2n) is 4.81. The van der Waals surface area contributed by atoms with Crippen LogP contribution in [0.2, 0.25) is 0 Å². The van der Waals surface area contributed by atoms with E-state index in [-0.39, 0.29) is 0 Å². The molecule has 2 nitrogen and oxygen atoms in total. The normalized spacial score (nSPS) is 29.3. The van der Waals surface area contributed by atoms with Gasteiger partial charge < -0.3 is 11.1 Å². The number of benzene rings is 1. The number of hydrogen-bond acceptors (Lipinski definition) is 2. The molecule has 80 valence electrons. The maximum absolute atomic E-state index is 5.88. The fraction of sp³-hybridized carbons (Fsp3) is 0.538. The van der Waals surface area contributed by atoms with E-state index >= 15 is 0 Å². The third-order valence-electron chi connectivity index (χ3n) is 3.88. The number of nitrogen functional groups attached to an aromatic ring is 1. The van der Waals surface area contributed by atoms with Gasteiger partial charge >= 0.3 is 0 Å². The molecule has 3 rings (SSSR count). The summed E-state index contributed by atoms with van der Waals surface area (Å²) >= 11 is 0. The van der Waals surface area contributed by atoms with Gasteiger partial charge in [-0.1, -0.05) is 6.07 Å². The zero-order valence-electron chi connectivity index (χ0n) is 9.00. The van der Waals surface area contributed by atoms with E-state index in [9.17, 15) is 0 Å². The maximum atomic E-state index is 5.88. The molecule has 1 aromatic carbocycles. The Morgan fingerprint density at radius 1 is 1.27 bits per heavy atom. The van der Waals surface area contributed by atoms with Crippen LogP contribution in [0.3, 0.4) is 0 Å². The fourth-order valence-electron chi connectivity index (χ4n) is 3.13. The number of hydrogen-bond donors (Lipinski definition) is 2. The molecule has 0 saturated carbocycles. The summed E-state index contributed by atoms with van der Waals surface area (Å²) in [6, 6.07) is 7.15. The molecular weight excluding hydrogens is 184 g/mol. The summed E-state index contributed by atoms with van der Waals surface area (Å²) in [4.78, 5) is 0.